The SMILES string of the molecule is CCc1nn2c(=O)cc(Cn3c(Cl)nc4c3c(=O)n(C)c(=O)n4C)nc2s1. The van der Waals surface area contributed by atoms with Crippen LogP contribution in [0.3, 0.4) is 0 Å². The maximum absolute atomic E-state index is 12.6. The Bertz CT molecular complexity index is 1390. The van der Waals surface area contributed by atoms with Crippen molar-refractivity contribution < 1.29 is 0 Å². The molecule has 0 radical (unpaired) electrons. The van der Waals surface area contributed by atoms with Crippen LogP contribution in [-0.4, -0.2) is 33.3 Å². The number of imidazole rings is 1. The minimum Gasteiger partial charge on any atom is -0.303 e. The van der Waals surface area contributed by atoms with Crippen molar-refractivity contribution >= 4 is 39.1 Å². The van der Waals surface area contributed by atoms with Crippen molar-refractivity contribution in [2.75, 3.05) is 0 Å². The van der Waals surface area contributed by atoms with Crippen LogP contribution in [-0.2, 0) is 27.1 Å². The summed E-state index contributed by atoms with van der Waals surface area (Å²) >= 11 is 7.55. The third-order valence-electron chi connectivity index (χ3n) is 4.26. The highest BCUT2D eigenvalue weighted by molar-refractivity contribution is 7.16. The second-order valence-corrected chi connectivity index (χ2v) is 7.35. The van der Waals surface area contributed by atoms with Gasteiger partial charge in [0.05, 0.1) is 12.2 Å². The summed E-state index contributed by atoms with van der Waals surface area (Å²) in [5, 5.41) is 5.04. The average Bonchev–Trinajstić information content (AvgIpc) is 3.20. The Morgan fingerprint density at radius 3 is 2.59 bits per heavy atom. The third kappa shape index (κ3) is 2.61. The number of hydrogen-bond donors (Lipinski definition) is 0. The van der Waals surface area contributed by atoms with E-state index in [0.717, 1.165) is 9.57 Å². The van der Waals surface area contributed by atoms with E-state index in [4.69, 9.17) is 11.6 Å². The molecule has 0 amide bonds. The average molecular weight is 408 g/mol. The standard InChI is InChI=1S/C15H14ClN7O3S/c1-4-8-19-23-9(24)5-7(17-14(23)27-8)6-22-10-11(18-13(22)16)20(2)15(26)21(3)12(10)25/h5H,4,6H2,1-3H3. The van der Waals surface area contributed by atoms with E-state index in [2.05, 4.69) is 15.1 Å². The van der Waals surface area contributed by atoms with Crippen LogP contribution >= 0.6 is 22.9 Å². The normalized spacial score (nSPS) is 11.7. The summed E-state index contributed by atoms with van der Waals surface area (Å²) in [5.74, 6) is 0. The van der Waals surface area contributed by atoms with Crippen LogP contribution in [0, 0.1) is 0 Å². The first-order valence-corrected chi connectivity index (χ1v) is 9.21. The highest BCUT2D eigenvalue weighted by atomic mass is 35.5. The van der Waals surface area contributed by atoms with Crippen molar-refractivity contribution in [1.29, 1.82) is 0 Å². The third-order valence-corrected chi connectivity index (χ3v) is 5.61. The van der Waals surface area contributed by atoms with E-state index in [9.17, 15) is 14.4 Å². The molecule has 0 unspecified atom stereocenters. The molecule has 4 heterocycles. The largest absolute Gasteiger partial charge is 0.332 e. The highest BCUT2D eigenvalue weighted by Crippen LogP contribution is 2.18. The lowest BCUT2D eigenvalue weighted by Crippen LogP contribution is -2.37. The van der Waals surface area contributed by atoms with E-state index < -0.39 is 11.2 Å². The van der Waals surface area contributed by atoms with E-state index in [0.29, 0.717) is 17.1 Å². The number of fused-ring (bicyclic) bond motifs is 2. The van der Waals surface area contributed by atoms with Gasteiger partial charge in [-0.3, -0.25) is 18.7 Å². The Morgan fingerprint density at radius 1 is 1.15 bits per heavy atom. The van der Waals surface area contributed by atoms with Gasteiger partial charge >= 0.3 is 5.69 Å². The molecule has 0 aliphatic carbocycles. The van der Waals surface area contributed by atoms with Gasteiger partial charge in [0, 0.05) is 20.2 Å². The molecule has 0 spiro atoms. The minimum atomic E-state index is -0.517. The van der Waals surface area contributed by atoms with Gasteiger partial charge in [0.25, 0.3) is 11.1 Å². The highest BCUT2D eigenvalue weighted by Gasteiger charge is 2.19. The van der Waals surface area contributed by atoms with Crippen LogP contribution < -0.4 is 16.8 Å². The number of rotatable bonds is 3. The van der Waals surface area contributed by atoms with Crippen LogP contribution in [0.1, 0.15) is 17.6 Å². The monoisotopic (exact) mass is 407 g/mol. The summed E-state index contributed by atoms with van der Waals surface area (Å²) in [6.07, 6.45) is 0.699. The van der Waals surface area contributed by atoms with Gasteiger partial charge in [-0.1, -0.05) is 18.3 Å². The molecule has 0 fully saturated rings. The first-order valence-electron chi connectivity index (χ1n) is 8.02. The van der Waals surface area contributed by atoms with E-state index in [1.165, 1.54) is 45.1 Å². The Kier molecular flexibility index (Phi) is 4.00. The second kappa shape index (κ2) is 6.13. The van der Waals surface area contributed by atoms with Crippen LogP contribution in [0.5, 0.6) is 0 Å². The predicted octanol–water partition coefficient (Wildman–Crippen LogP) is 0.162. The van der Waals surface area contributed by atoms with E-state index in [1.54, 1.807) is 0 Å². The molecule has 0 saturated heterocycles. The lowest BCUT2D eigenvalue weighted by molar-refractivity contribution is 0.700. The van der Waals surface area contributed by atoms with Crippen LogP contribution in [0.25, 0.3) is 16.1 Å². The lowest BCUT2D eigenvalue weighted by Gasteiger charge is -2.07. The Balaban J connectivity index is 1.93. The minimum absolute atomic E-state index is 0.0313. The summed E-state index contributed by atoms with van der Waals surface area (Å²) in [6, 6.07) is 1.35. The maximum Gasteiger partial charge on any atom is 0.332 e. The fraction of sp³-hybridized carbons (Fsp3) is 0.333. The fourth-order valence-electron chi connectivity index (χ4n) is 2.85. The maximum atomic E-state index is 12.6. The van der Waals surface area contributed by atoms with Crippen molar-refractivity contribution in [3.63, 3.8) is 0 Å². The Labute approximate surface area is 159 Å². The molecule has 27 heavy (non-hydrogen) atoms. The molecule has 10 nitrogen and oxygen atoms in total. The molecule has 4 rings (SSSR count). The zero-order chi connectivity index (χ0) is 19.5. The predicted molar refractivity (Wildman–Crippen MR) is 101 cm³/mol. The second-order valence-electron chi connectivity index (χ2n) is 5.97. The molecule has 0 saturated carbocycles. The summed E-state index contributed by atoms with van der Waals surface area (Å²) < 4.78 is 4.93. The molecule has 0 aliphatic heterocycles. The van der Waals surface area contributed by atoms with Gasteiger partial charge in [0.15, 0.2) is 11.2 Å². The molecule has 0 bridgehead atoms. The summed E-state index contributed by atoms with van der Waals surface area (Å²) in [7, 11) is 2.90. The molecule has 12 heteroatoms. The number of halogens is 1. The summed E-state index contributed by atoms with van der Waals surface area (Å²) in [4.78, 5) is 46.0. The molecular formula is C15H14ClN7O3S. The van der Waals surface area contributed by atoms with Gasteiger partial charge in [-0.25, -0.2) is 9.78 Å². The molecule has 4 aromatic rings. The van der Waals surface area contributed by atoms with Crippen LogP contribution in [0.4, 0.5) is 0 Å². The summed E-state index contributed by atoms with van der Waals surface area (Å²) in [6.45, 7) is 2.01. The Morgan fingerprint density at radius 2 is 1.89 bits per heavy atom. The number of nitrogens with zero attached hydrogens (tertiary/aromatic N) is 7. The van der Waals surface area contributed by atoms with Gasteiger partial charge in [-0.05, 0) is 18.0 Å². The lowest BCUT2D eigenvalue weighted by atomic mass is 10.4. The van der Waals surface area contributed by atoms with Gasteiger partial charge in [-0.2, -0.15) is 14.6 Å². The fourth-order valence-corrected chi connectivity index (χ4v) is 3.93. The molecule has 0 aromatic carbocycles. The smallest absolute Gasteiger partial charge is 0.303 e. The first-order chi connectivity index (χ1) is 12.8. The number of aryl methyl sites for hydroxylation is 2. The van der Waals surface area contributed by atoms with Gasteiger partial charge in [0.2, 0.25) is 10.2 Å². The molecule has 140 valence electrons. The number of hydrogen-bond acceptors (Lipinski definition) is 7. The van der Waals surface area contributed by atoms with Gasteiger partial charge in [0.1, 0.15) is 5.01 Å². The van der Waals surface area contributed by atoms with Gasteiger partial charge in [-0.15, -0.1) is 0 Å². The molecule has 0 N–H and O–H groups in total. The molecule has 0 atom stereocenters. The molecular weight excluding hydrogens is 394 g/mol. The van der Waals surface area contributed by atoms with Crippen LogP contribution in [0.2, 0.25) is 5.28 Å². The topological polar surface area (TPSA) is 109 Å². The molecule has 0 aliphatic rings. The molecule has 4 aromatic heterocycles. The first kappa shape index (κ1) is 17.6. The van der Waals surface area contributed by atoms with Crippen LogP contribution in [0.15, 0.2) is 20.4 Å². The summed E-state index contributed by atoms with van der Waals surface area (Å²) in [5.41, 5.74) is -0.558. The zero-order valence-corrected chi connectivity index (χ0v) is 16.2. The van der Waals surface area contributed by atoms with Crippen molar-refractivity contribution in [3.8, 4) is 0 Å². The van der Waals surface area contributed by atoms with E-state index in [1.807, 2.05) is 6.92 Å². The van der Waals surface area contributed by atoms with Crippen molar-refractivity contribution in [2.24, 2.45) is 14.1 Å². The van der Waals surface area contributed by atoms with E-state index in [-0.39, 0.29) is 28.6 Å². The van der Waals surface area contributed by atoms with Gasteiger partial charge < -0.3 is 4.57 Å². The van der Waals surface area contributed by atoms with E-state index >= 15 is 0 Å². The van der Waals surface area contributed by atoms with Crippen molar-refractivity contribution in [2.45, 2.75) is 19.9 Å². The van der Waals surface area contributed by atoms with Crippen molar-refractivity contribution in [3.05, 3.63) is 53.2 Å². The number of aromatic nitrogens is 7. The quantitative estimate of drug-likeness (QED) is 0.447. The van der Waals surface area contributed by atoms with Crippen molar-refractivity contribution in [1.82, 2.24) is 33.3 Å². The Hall–Kier alpha value is -2.79. The zero-order valence-electron chi connectivity index (χ0n) is 14.6.